The van der Waals surface area contributed by atoms with Crippen LogP contribution in [0.25, 0.3) is 5.82 Å². The Balaban J connectivity index is 1.93. The number of aliphatic carboxylic acids is 1. The first-order valence-electron chi connectivity index (χ1n) is 6.10. The van der Waals surface area contributed by atoms with Gasteiger partial charge in [0.15, 0.2) is 5.82 Å². The highest BCUT2D eigenvalue weighted by molar-refractivity contribution is 7.99. The molecule has 0 radical (unpaired) electrons. The van der Waals surface area contributed by atoms with E-state index >= 15 is 0 Å². The number of carboxylic acid groups (broad SMARTS) is 1. The first-order valence-corrected chi connectivity index (χ1v) is 7.08. The largest absolute Gasteiger partial charge is 0.481 e. The van der Waals surface area contributed by atoms with Crippen LogP contribution in [0.3, 0.4) is 0 Å². The summed E-state index contributed by atoms with van der Waals surface area (Å²) >= 11 is 1.28. The number of hydrogen-bond acceptors (Lipinski definition) is 4. The molecule has 6 heteroatoms. The maximum atomic E-state index is 10.7. The fraction of sp³-hybridized carbons (Fsp3) is 0.308. The molecule has 0 amide bonds. The van der Waals surface area contributed by atoms with E-state index < -0.39 is 5.97 Å². The minimum Gasteiger partial charge on any atom is -0.481 e. The predicted octanol–water partition coefficient (Wildman–Crippen LogP) is 2.32. The molecule has 1 fully saturated rings. The van der Waals surface area contributed by atoms with E-state index in [2.05, 4.69) is 10.1 Å². The molecule has 1 aliphatic rings. The highest BCUT2D eigenvalue weighted by Crippen LogP contribution is 2.40. The quantitative estimate of drug-likeness (QED) is 0.848. The first kappa shape index (κ1) is 12.2. The topological polar surface area (TPSA) is 68.0 Å². The zero-order valence-corrected chi connectivity index (χ0v) is 11.0. The molecule has 0 saturated heterocycles. The lowest BCUT2D eigenvalue weighted by atomic mass is 10.3. The van der Waals surface area contributed by atoms with E-state index in [0.717, 1.165) is 16.5 Å². The number of nitrogens with zero attached hydrogens (tertiary/aromatic N) is 3. The Bertz CT molecular complexity index is 593. The molecule has 0 spiro atoms. The fourth-order valence-corrected chi connectivity index (χ4v) is 2.57. The van der Waals surface area contributed by atoms with Gasteiger partial charge in [-0.2, -0.15) is 5.10 Å². The third-order valence-corrected chi connectivity index (χ3v) is 3.88. The van der Waals surface area contributed by atoms with Crippen molar-refractivity contribution in [3.8, 4) is 5.82 Å². The van der Waals surface area contributed by atoms with Crippen molar-refractivity contribution in [1.82, 2.24) is 14.8 Å². The number of aromatic nitrogens is 3. The molecule has 19 heavy (non-hydrogen) atoms. The van der Waals surface area contributed by atoms with Gasteiger partial charge in [-0.3, -0.25) is 4.79 Å². The number of carboxylic acids is 1. The highest BCUT2D eigenvalue weighted by Gasteiger charge is 2.27. The smallest absolute Gasteiger partial charge is 0.313 e. The van der Waals surface area contributed by atoms with Crippen LogP contribution in [0, 0.1) is 0 Å². The van der Waals surface area contributed by atoms with Crippen LogP contribution in [0.1, 0.15) is 24.5 Å². The molecule has 0 aliphatic heterocycles. The van der Waals surface area contributed by atoms with Gasteiger partial charge in [0.05, 0.1) is 11.4 Å². The summed E-state index contributed by atoms with van der Waals surface area (Å²) in [6.45, 7) is 0. The van der Waals surface area contributed by atoms with Crippen molar-refractivity contribution in [2.24, 2.45) is 0 Å². The number of hydrogen-bond donors (Lipinski definition) is 1. The van der Waals surface area contributed by atoms with Gasteiger partial charge in [-0.15, -0.1) is 0 Å². The van der Waals surface area contributed by atoms with Crippen LogP contribution >= 0.6 is 11.8 Å². The van der Waals surface area contributed by atoms with Gasteiger partial charge in [-0.25, -0.2) is 9.67 Å². The van der Waals surface area contributed by atoms with Crippen molar-refractivity contribution >= 4 is 17.7 Å². The molecule has 2 aromatic heterocycles. The van der Waals surface area contributed by atoms with E-state index in [9.17, 15) is 4.79 Å². The Hall–Kier alpha value is -1.82. The van der Waals surface area contributed by atoms with Crippen LogP contribution < -0.4 is 0 Å². The minimum atomic E-state index is -0.827. The van der Waals surface area contributed by atoms with Crippen molar-refractivity contribution < 1.29 is 9.90 Å². The summed E-state index contributed by atoms with van der Waals surface area (Å²) in [5.41, 5.74) is 1.04. The van der Waals surface area contributed by atoms with Crippen LogP contribution in [-0.4, -0.2) is 31.6 Å². The van der Waals surface area contributed by atoms with Gasteiger partial charge in [-0.1, -0.05) is 17.8 Å². The lowest BCUT2D eigenvalue weighted by molar-refractivity contribution is -0.133. The molecule has 2 heterocycles. The Morgan fingerprint density at radius 1 is 1.47 bits per heavy atom. The Kier molecular flexibility index (Phi) is 3.25. The lowest BCUT2D eigenvalue weighted by Crippen LogP contribution is -2.03. The summed E-state index contributed by atoms with van der Waals surface area (Å²) in [4.78, 5) is 15.0. The maximum Gasteiger partial charge on any atom is 0.313 e. The van der Waals surface area contributed by atoms with Crippen molar-refractivity contribution in [3.63, 3.8) is 0 Å². The van der Waals surface area contributed by atoms with Crippen molar-refractivity contribution in [2.75, 3.05) is 5.75 Å². The van der Waals surface area contributed by atoms with Crippen LogP contribution in [-0.2, 0) is 4.79 Å². The maximum absolute atomic E-state index is 10.7. The predicted molar refractivity (Wildman–Crippen MR) is 71.7 cm³/mol. The zero-order valence-electron chi connectivity index (χ0n) is 10.2. The molecule has 1 saturated carbocycles. The second-order valence-corrected chi connectivity index (χ2v) is 5.46. The molecule has 1 aliphatic carbocycles. The molecular weight excluding hydrogens is 262 g/mol. The molecule has 98 valence electrons. The van der Waals surface area contributed by atoms with Crippen LogP contribution in [0.2, 0.25) is 0 Å². The second kappa shape index (κ2) is 5.05. The average molecular weight is 275 g/mol. The van der Waals surface area contributed by atoms with Gasteiger partial charge < -0.3 is 5.11 Å². The van der Waals surface area contributed by atoms with Crippen molar-refractivity contribution in [1.29, 1.82) is 0 Å². The van der Waals surface area contributed by atoms with Crippen molar-refractivity contribution in [3.05, 3.63) is 36.2 Å². The third kappa shape index (κ3) is 2.78. The number of thioether (sulfide) groups is 1. The van der Waals surface area contributed by atoms with Crippen LogP contribution in [0.4, 0.5) is 0 Å². The molecule has 3 rings (SSSR count). The van der Waals surface area contributed by atoms with Crippen molar-refractivity contribution in [2.45, 2.75) is 23.8 Å². The van der Waals surface area contributed by atoms with Gasteiger partial charge in [0.1, 0.15) is 5.03 Å². The SMILES string of the molecule is O=C(O)CSc1cc(C2CC2)nn1-c1ccccn1. The number of carbonyl (C=O) groups is 1. The first-order chi connectivity index (χ1) is 9.24. The van der Waals surface area contributed by atoms with E-state index in [-0.39, 0.29) is 5.75 Å². The van der Waals surface area contributed by atoms with E-state index in [1.54, 1.807) is 10.9 Å². The fourth-order valence-electron chi connectivity index (χ4n) is 1.84. The monoisotopic (exact) mass is 275 g/mol. The number of rotatable bonds is 5. The van der Waals surface area contributed by atoms with Crippen LogP contribution in [0.5, 0.6) is 0 Å². The second-order valence-electron chi connectivity index (χ2n) is 4.46. The molecule has 5 nitrogen and oxygen atoms in total. The normalized spacial score (nSPS) is 14.5. The molecule has 2 aromatic rings. The Labute approximate surface area is 114 Å². The summed E-state index contributed by atoms with van der Waals surface area (Å²) in [5, 5.41) is 14.2. The van der Waals surface area contributed by atoms with Gasteiger partial charge in [-0.05, 0) is 31.0 Å². The van der Waals surface area contributed by atoms with E-state index in [1.807, 2.05) is 24.3 Å². The number of pyridine rings is 1. The van der Waals surface area contributed by atoms with Gasteiger partial charge in [0, 0.05) is 12.1 Å². The third-order valence-electron chi connectivity index (χ3n) is 2.90. The van der Waals surface area contributed by atoms with E-state index in [1.165, 1.54) is 24.6 Å². The Morgan fingerprint density at radius 3 is 2.95 bits per heavy atom. The molecule has 0 unspecified atom stereocenters. The molecule has 0 bridgehead atoms. The summed E-state index contributed by atoms with van der Waals surface area (Å²) in [7, 11) is 0. The minimum absolute atomic E-state index is 0.0304. The molecule has 0 atom stereocenters. The van der Waals surface area contributed by atoms with Crippen LogP contribution in [0.15, 0.2) is 35.5 Å². The van der Waals surface area contributed by atoms with Gasteiger partial charge >= 0.3 is 5.97 Å². The lowest BCUT2D eigenvalue weighted by Gasteiger charge is -2.04. The summed E-state index contributed by atoms with van der Waals surface area (Å²) in [6, 6.07) is 7.60. The van der Waals surface area contributed by atoms with Gasteiger partial charge in [0.2, 0.25) is 0 Å². The summed E-state index contributed by atoms with van der Waals surface area (Å²) in [6.07, 6.45) is 4.05. The Morgan fingerprint density at radius 2 is 2.32 bits per heavy atom. The summed E-state index contributed by atoms with van der Waals surface area (Å²) in [5.74, 6) is 0.464. The van der Waals surface area contributed by atoms with E-state index in [4.69, 9.17) is 5.11 Å². The van der Waals surface area contributed by atoms with E-state index in [0.29, 0.717) is 5.92 Å². The molecule has 1 N–H and O–H groups in total. The summed E-state index contributed by atoms with van der Waals surface area (Å²) < 4.78 is 1.74. The molecular formula is C13H13N3O2S. The highest BCUT2D eigenvalue weighted by atomic mass is 32.2. The standard InChI is InChI=1S/C13H13N3O2S/c17-13(18)8-19-12-7-10(9-4-5-9)15-16(12)11-3-1-2-6-14-11/h1-3,6-7,9H,4-5,8H2,(H,17,18). The average Bonchev–Trinajstić information content (AvgIpc) is 3.18. The zero-order chi connectivity index (χ0) is 13.2. The molecule has 0 aromatic carbocycles. The van der Waals surface area contributed by atoms with Gasteiger partial charge in [0.25, 0.3) is 0 Å².